The number of nitrogens with zero attached hydrogens (tertiary/aromatic N) is 2. The van der Waals surface area contributed by atoms with E-state index in [2.05, 4.69) is 64.9 Å². The lowest BCUT2D eigenvalue weighted by atomic mass is 9.94. The Morgan fingerprint density at radius 3 is 2.90 bits per heavy atom. The molecule has 0 N–H and O–H groups in total. The Balaban J connectivity index is 1.34. The number of hydrogen-bond acceptors (Lipinski definition) is 2. The van der Waals surface area contributed by atoms with Crippen LogP contribution in [-0.4, -0.2) is 29.6 Å². The molecule has 3 nitrogen and oxygen atoms in total. The maximum absolute atomic E-state index is 13.6. The van der Waals surface area contributed by atoms with Crippen molar-refractivity contribution in [2.24, 2.45) is 0 Å². The molecule has 6 rings (SSSR count). The summed E-state index contributed by atoms with van der Waals surface area (Å²) in [5.74, 6) is 0. The van der Waals surface area contributed by atoms with Crippen molar-refractivity contribution in [2.45, 2.75) is 44.2 Å². The first-order valence-electron chi connectivity index (χ1n) is 10.6. The van der Waals surface area contributed by atoms with E-state index in [0.717, 1.165) is 44.3 Å². The molecule has 3 aromatic rings. The number of fused-ring (bicyclic) bond motifs is 4. The number of hydrogen-bond donors (Lipinski definition) is 0. The number of thiophene rings is 1. The SMILES string of the molecule is O=C(N1CCCc2ccccc21)N1C2C=C(c3cccc4ccsc34)CC1CC2. The van der Waals surface area contributed by atoms with Gasteiger partial charge in [-0.1, -0.05) is 42.5 Å². The zero-order valence-corrected chi connectivity index (χ0v) is 17.2. The molecular formula is C25H24N2OS. The van der Waals surface area contributed by atoms with Crippen molar-refractivity contribution in [2.75, 3.05) is 11.4 Å². The van der Waals surface area contributed by atoms with Crippen molar-refractivity contribution in [3.63, 3.8) is 0 Å². The number of amides is 2. The Morgan fingerprint density at radius 1 is 1.03 bits per heavy atom. The first-order chi connectivity index (χ1) is 14.3. The van der Waals surface area contributed by atoms with Crippen molar-refractivity contribution in [1.82, 2.24) is 4.90 Å². The third-order valence-corrected chi connectivity index (χ3v) is 7.75. The zero-order chi connectivity index (χ0) is 19.4. The van der Waals surface area contributed by atoms with Crippen molar-refractivity contribution in [1.29, 1.82) is 0 Å². The Morgan fingerprint density at radius 2 is 1.97 bits per heavy atom. The minimum atomic E-state index is 0.203. The fraction of sp³-hybridized carbons (Fsp3) is 0.320. The molecule has 2 amide bonds. The first-order valence-corrected chi connectivity index (χ1v) is 11.5. The maximum atomic E-state index is 13.6. The van der Waals surface area contributed by atoms with E-state index < -0.39 is 0 Å². The molecule has 4 heterocycles. The molecule has 0 radical (unpaired) electrons. The summed E-state index contributed by atoms with van der Waals surface area (Å²) in [6.07, 6.45) is 7.65. The topological polar surface area (TPSA) is 23.6 Å². The van der Waals surface area contributed by atoms with E-state index in [9.17, 15) is 4.79 Å². The maximum Gasteiger partial charge on any atom is 0.325 e. The van der Waals surface area contributed by atoms with E-state index in [0.29, 0.717) is 6.04 Å². The highest BCUT2D eigenvalue weighted by molar-refractivity contribution is 7.17. The number of urea groups is 1. The average molecular weight is 401 g/mol. The molecule has 3 aliphatic rings. The van der Waals surface area contributed by atoms with E-state index in [4.69, 9.17) is 0 Å². The number of rotatable bonds is 1. The molecule has 0 spiro atoms. The van der Waals surface area contributed by atoms with Crippen LogP contribution < -0.4 is 4.90 Å². The van der Waals surface area contributed by atoms with Gasteiger partial charge in [-0.2, -0.15) is 0 Å². The summed E-state index contributed by atoms with van der Waals surface area (Å²) < 4.78 is 1.38. The van der Waals surface area contributed by atoms with Gasteiger partial charge in [-0.05, 0) is 71.7 Å². The minimum Gasteiger partial charge on any atom is -0.315 e. The number of aryl methyl sites for hydroxylation is 1. The smallest absolute Gasteiger partial charge is 0.315 e. The predicted octanol–water partition coefficient (Wildman–Crippen LogP) is 6.09. The van der Waals surface area contributed by atoms with Crippen LogP contribution in [-0.2, 0) is 6.42 Å². The molecule has 1 aromatic heterocycles. The lowest BCUT2D eigenvalue weighted by Gasteiger charge is -2.39. The summed E-state index contributed by atoms with van der Waals surface area (Å²) in [7, 11) is 0. The van der Waals surface area contributed by atoms with Crippen LogP contribution in [0.5, 0.6) is 0 Å². The fourth-order valence-electron chi connectivity index (χ4n) is 5.45. The summed E-state index contributed by atoms with van der Waals surface area (Å²) in [5.41, 5.74) is 5.21. The van der Waals surface area contributed by atoms with Crippen molar-refractivity contribution in [3.8, 4) is 0 Å². The van der Waals surface area contributed by atoms with Gasteiger partial charge in [0.25, 0.3) is 0 Å². The molecule has 2 bridgehead atoms. The Labute approximate surface area is 175 Å². The largest absolute Gasteiger partial charge is 0.325 e. The molecular weight excluding hydrogens is 376 g/mol. The molecule has 0 saturated carbocycles. The average Bonchev–Trinajstić information content (AvgIpc) is 3.34. The van der Waals surface area contributed by atoms with Gasteiger partial charge in [-0.3, -0.25) is 4.90 Å². The van der Waals surface area contributed by atoms with Crippen LogP contribution in [0.2, 0.25) is 0 Å². The lowest BCUT2D eigenvalue weighted by Crippen LogP contribution is -2.51. The van der Waals surface area contributed by atoms with Gasteiger partial charge < -0.3 is 4.90 Å². The third-order valence-electron chi connectivity index (χ3n) is 6.78. The molecule has 2 atom stereocenters. The standard InChI is InChI=1S/C25H24N2OS/c28-25(26-13-4-7-17-5-1-2-9-23(17)26)27-20-10-11-21(27)16-19(15-20)22-8-3-6-18-12-14-29-24(18)22/h1-3,5-6,8-9,12,14-15,20-21H,4,7,10-11,13,16H2. The second kappa shape index (κ2) is 6.74. The molecule has 4 heteroatoms. The molecule has 2 aromatic carbocycles. The van der Waals surface area contributed by atoms with Crippen LogP contribution in [0.1, 0.15) is 36.8 Å². The van der Waals surface area contributed by atoms with Crippen molar-refractivity contribution >= 4 is 38.7 Å². The molecule has 146 valence electrons. The second-order valence-corrected chi connectivity index (χ2v) is 9.33. The van der Waals surface area contributed by atoms with E-state index in [-0.39, 0.29) is 12.1 Å². The van der Waals surface area contributed by atoms with Crippen LogP contribution in [0.3, 0.4) is 0 Å². The molecule has 1 fully saturated rings. The molecule has 3 aliphatic heterocycles. The highest BCUT2D eigenvalue weighted by Crippen LogP contribution is 2.42. The summed E-state index contributed by atoms with van der Waals surface area (Å²) in [4.78, 5) is 17.8. The highest BCUT2D eigenvalue weighted by Gasteiger charge is 2.42. The monoisotopic (exact) mass is 400 g/mol. The van der Waals surface area contributed by atoms with Gasteiger partial charge in [0.15, 0.2) is 0 Å². The second-order valence-electron chi connectivity index (χ2n) is 8.41. The van der Waals surface area contributed by atoms with Crippen LogP contribution in [0.4, 0.5) is 10.5 Å². The predicted molar refractivity (Wildman–Crippen MR) is 121 cm³/mol. The van der Waals surface area contributed by atoms with Gasteiger partial charge >= 0.3 is 6.03 Å². The summed E-state index contributed by atoms with van der Waals surface area (Å²) in [6.45, 7) is 0.830. The molecule has 0 aliphatic carbocycles. The van der Waals surface area contributed by atoms with Gasteiger partial charge in [0.2, 0.25) is 0 Å². The number of benzene rings is 2. The van der Waals surface area contributed by atoms with Crippen LogP contribution in [0.15, 0.2) is 60.0 Å². The van der Waals surface area contributed by atoms with Gasteiger partial charge in [0, 0.05) is 23.0 Å². The Bertz CT molecular complexity index is 1130. The van der Waals surface area contributed by atoms with Crippen LogP contribution in [0.25, 0.3) is 15.7 Å². The summed E-state index contributed by atoms with van der Waals surface area (Å²) >= 11 is 1.82. The van der Waals surface area contributed by atoms with E-state index in [1.165, 1.54) is 26.8 Å². The number of carbonyl (C=O) groups is 1. The quantitative estimate of drug-likeness (QED) is 0.484. The van der Waals surface area contributed by atoms with Crippen LogP contribution >= 0.6 is 11.3 Å². The molecule has 29 heavy (non-hydrogen) atoms. The van der Waals surface area contributed by atoms with E-state index in [1.807, 2.05) is 16.2 Å². The summed E-state index contributed by atoms with van der Waals surface area (Å²) in [5, 5.41) is 3.50. The number of para-hydroxylation sites is 1. The highest BCUT2D eigenvalue weighted by atomic mass is 32.1. The van der Waals surface area contributed by atoms with Crippen molar-refractivity contribution in [3.05, 3.63) is 71.1 Å². The number of anilines is 1. The minimum absolute atomic E-state index is 0.203. The van der Waals surface area contributed by atoms with Gasteiger partial charge in [-0.15, -0.1) is 11.3 Å². The van der Waals surface area contributed by atoms with E-state index in [1.54, 1.807) is 0 Å². The Hall–Kier alpha value is -2.59. The first kappa shape index (κ1) is 17.3. The summed E-state index contributed by atoms with van der Waals surface area (Å²) in [6, 6.07) is 18.0. The molecule has 1 saturated heterocycles. The fourth-order valence-corrected chi connectivity index (χ4v) is 6.39. The van der Waals surface area contributed by atoms with Crippen molar-refractivity contribution < 1.29 is 4.79 Å². The Kier molecular flexibility index (Phi) is 4.01. The third kappa shape index (κ3) is 2.73. The normalized spacial score (nSPS) is 23.2. The van der Waals surface area contributed by atoms with Gasteiger partial charge in [0.1, 0.15) is 0 Å². The van der Waals surface area contributed by atoms with Gasteiger partial charge in [0.05, 0.1) is 6.04 Å². The van der Waals surface area contributed by atoms with Gasteiger partial charge in [-0.25, -0.2) is 4.79 Å². The lowest BCUT2D eigenvalue weighted by molar-refractivity contribution is 0.186. The molecule has 2 unspecified atom stereocenters. The number of carbonyl (C=O) groups excluding carboxylic acids is 1. The van der Waals surface area contributed by atoms with E-state index >= 15 is 0 Å². The van der Waals surface area contributed by atoms with Crippen LogP contribution in [0, 0.1) is 0 Å². The zero-order valence-electron chi connectivity index (χ0n) is 16.4.